The van der Waals surface area contributed by atoms with Crippen LogP contribution < -0.4 is 5.73 Å². The molecule has 182 valence electrons. The van der Waals surface area contributed by atoms with Gasteiger partial charge in [-0.15, -0.1) is 0 Å². The molecule has 3 aliphatic carbocycles. The Bertz CT molecular complexity index is 800. The normalized spacial score (nSPS) is 31.5. The van der Waals surface area contributed by atoms with E-state index >= 15 is 0 Å². The third kappa shape index (κ3) is 5.11. The molecule has 0 aromatic heterocycles. The van der Waals surface area contributed by atoms with Gasteiger partial charge in [0.05, 0.1) is 11.7 Å². The molecule has 0 radical (unpaired) electrons. The molecular formula is C28H45BNO3+. The van der Waals surface area contributed by atoms with Crippen LogP contribution in [-0.2, 0) is 20.5 Å². The SMILES string of the molecule is CCCCC[C@@H]([NH3+])C(=O)CC[C@@H](CCc1ccccc1)B1OC2CC3CC(C3(C)C)[C@@]2(C)O1. The van der Waals surface area contributed by atoms with Gasteiger partial charge in [-0.1, -0.05) is 63.9 Å². The first-order chi connectivity index (χ1) is 15.8. The van der Waals surface area contributed by atoms with Crippen molar-refractivity contribution in [2.45, 2.75) is 115 Å². The number of ketones is 1. The summed E-state index contributed by atoms with van der Waals surface area (Å²) in [6.07, 6.45) is 10.3. The minimum absolute atomic E-state index is 0.0788. The van der Waals surface area contributed by atoms with Crippen molar-refractivity contribution in [3.05, 3.63) is 35.9 Å². The third-order valence-electron chi connectivity index (χ3n) is 9.37. The first kappa shape index (κ1) is 24.9. The maximum absolute atomic E-state index is 12.8. The van der Waals surface area contributed by atoms with Gasteiger partial charge in [-0.3, -0.25) is 4.79 Å². The Morgan fingerprint density at radius 1 is 1.12 bits per heavy atom. The number of quaternary nitrogens is 1. The van der Waals surface area contributed by atoms with Crippen LogP contribution in [-0.4, -0.2) is 30.6 Å². The minimum Gasteiger partial charge on any atom is -0.405 e. The van der Waals surface area contributed by atoms with Crippen molar-refractivity contribution in [3.8, 4) is 0 Å². The Balaban J connectivity index is 1.40. The maximum Gasteiger partial charge on any atom is 0.461 e. The highest BCUT2D eigenvalue weighted by atomic mass is 16.7. The average molecular weight is 454 g/mol. The summed E-state index contributed by atoms with van der Waals surface area (Å²) >= 11 is 0. The number of carbonyl (C=O) groups is 1. The van der Waals surface area contributed by atoms with E-state index in [9.17, 15) is 4.79 Å². The number of carbonyl (C=O) groups excluding carboxylic acids is 1. The molecule has 1 aromatic carbocycles. The van der Waals surface area contributed by atoms with Crippen LogP contribution in [0.5, 0.6) is 0 Å². The lowest BCUT2D eigenvalue weighted by molar-refractivity contribution is -0.404. The Morgan fingerprint density at radius 2 is 1.88 bits per heavy atom. The van der Waals surface area contributed by atoms with Crippen LogP contribution in [0.2, 0.25) is 5.82 Å². The van der Waals surface area contributed by atoms with Gasteiger partial charge in [0.15, 0.2) is 5.78 Å². The number of rotatable bonds is 12. The Kier molecular flexibility index (Phi) is 7.72. The molecule has 3 unspecified atom stereocenters. The second-order valence-corrected chi connectivity index (χ2v) is 11.8. The first-order valence-electron chi connectivity index (χ1n) is 13.5. The molecule has 4 fully saturated rings. The molecule has 5 rings (SSSR count). The van der Waals surface area contributed by atoms with E-state index < -0.39 is 0 Å². The largest absolute Gasteiger partial charge is 0.461 e. The second kappa shape index (κ2) is 10.2. The summed E-state index contributed by atoms with van der Waals surface area (Å²) in [4.78, 5) is 12.8. The van der Waals surface area contributed by atoms with Gasteiger partial charge in [-0.05, 0) is 74.1 Å². The zero-order chi connectivity index (χ0) is 23.6. The molecule has 5 heteroatoms. The van der Waals surface area contributed by atoms with E-state index in [4.69, 9.17) is 9.31 Å². The van der Waals surface area contributed by atoms with E-state index in [0.29, 0.717) is 23.5 Å². The second-order valence-electron chi connectivity index (χ2n) is 11.8. The number of benzene rings is 1. The molecule has 4 aliphatic rings. The lowest BCUT2D eigenvalue weighted by Gasteiger charge is -2.64. The molecule has 33 heavy (non-hydrogen) atoms. The van der Waals surface area contributed by atoms with Crippen molar-refractivity contribution in [2.24, 2.45) is 17.3 Å². The number of Topliss-reactive ketones (excluding diaryl/α,β-unsaturated/α-hetero) is 1. The summed E-state index contributed by atoms with van der Waals surface area (Å²) in [6, 6.07) is 10.6. The van der Waals surface area contributed by atoms with Crippen LogP contribution >= 0.6 is 0 Å². The predicted molar refractivity (Wildman–Crippen MR) is 134 cm³/mol. The van der Waals surface area contributed by atoms with Gasteiger partial charge in [0.2, 0.25) is 0 Å². The topological polar surface area (TPSA) is 63.2 Å². The van der Waals surface area contributed by atoms with Crippen molar-refractivity contribution in [1.82, 2.24) is 0 Å². The molecule has 4 nitrogen and oxygen atoms in total. The molecule has 1 aliphatic heterocycles. The summed E-state index contributed by atoms with van der Waals surface area (Å²) in [5, 5.41) is 0. The van der Waals surface area contributed by atoms with Crippen LogP contribution in [0.1, 0.15) is 91.0 Å². The van der Waals surface area contributed by atoms with Crippen LogP contribution in [0.15, 0.2) is 30.3 Å². The average Bonchev–Trinajstić information content (AvgIpc) is 3.16. The van der Waals surface area contributed by atoms with Crippen molar-refractivity contribution >= 4 is 12.9 Å². The molecule has 2 bridgehead atoms. The standard InChI is InChI=1S/C28H44BNO3/c1-5-6-8-13-23(30)24(31)17-16-22(15-14-20-11-9-7-10-12-20)29-32-26-19-21-18-25(27(21,2)3)28(26,4)33-29/h7,9-12,21-23,25-26H,5-6,8,13-19,30H2,1-4H3/p+1/t21?,22-,23-,25?,26?,28-/m1/s1. The minimum atomic E-state index is -0.199. The van der Waals surface area contributed by atoms with Gasteiger partial charge in [0.25, 0.3) is 0 Å². The fourth-order valence-corrected chi connectivity index (χ4v) is 6.85. The third-order valence-corrected chi connectivity index (χ3v) is 9.37. The van der Waals surface area contributed by atoms with Gasteiger partial charge < -0.3 is 15.0 Å². The van der Waals surface area contributed by atoms with Gasteiger partial charge in [0, 0.05) is 12.8 Å². The number of unbranched alkanes of at least 4 members (excludes halogenated alkanes) is 2. The monoisotopic (exact) mass is 454 g/mol. The highest BCUT2D eigenvalue weighted by molar-refractivity contribution is 6.47. The zero-order valence-electron chi connectivity index (χ0n) is 21.4. The first-order valence-corrected chi connectivity index (χ1v) is 13.5. The summed E-state index contributed by atoms with van der Waals surface area (Å²) in [6.45, 7) is 9.30. The number of aryl methyl sites for hydroxylation is 1. The molecule has 1 aromatic rings. The summed E-state index contributed by atoms with van der Waals surface area (Å²) in [5.41, 5.74) is 5.67. The van der Waals surface area contributed by atoms with Gasteiger partial charge in [0.1, 0.15) is 6.04 Å². The smallest absolute Gasteiger partial charge is 0.405 e. The van der Waals surface area contributed by atoms with Gasteiger partial charge in [-0.25, -0.2) is 0 Å². The quantitative estimate of drug-likeness (QED) is 0.346. The van der Waals surface area contributed by atoms with E-state index in [2.05, 4.69) is 63.8 Å². The molecular weight excluding hydrogens is 409 g/mol. The van der Waals surface area contributed by atoms with E-state index in [1.54, 1.807) is 0 Å². The molecule has 1 saturated heterocycles. The van der Waals surface area contributed by atoms with Crippen LogP contribution in [0.3, 0.4) is 0 Å². The summed E-state index contributed by atoms with van der Waals surface area (Å²) < 4.78 is 13.4. The molecule has 3 saturated carbocycles. The van der Waals surface area contributed by atoms with Crippen molar-refractivity contribution in [3.63, 3.8) is 0 Å². The summed E-state index contributed by atoms with van der Waals surface area (Å²) in [7, 11) is -0.199. The molecule has 0 spiro atoms. The van der Waals surface area contributed by atoms with Crippen LogP contribution in [0.25, 0.3) is 0 Å². The maximum atomic E-state index is 12.8. The molecule has 0 amide bonds. The van der Waals surface area contributed by atoms with Crippen LogP contribution in [0, 0.1) is 17.3 Å². The van der Waals surface area contributed by atoms with E-state index in [-0.39, 0.29) is 30.7 Å². The number of hydrogen-bond donors (Lipinski definition) is 1. The highest BCUT2D eigenvalue weighted by Crippen LogP contribution is 2.66. The fraction of sp³-hybridized carbons (Fsp3) is 0.750. The van der Waals surface area contributed by atoms with Crippen molar-refractivity contribution in [2.75, 3.05) is 0 Å². The van der Waals surface area contributed by atoms with E-state index in [1.807, 2.05) is 0 Å². The lowest BCUT2D eigenvalue weighted by Crippen LogP contribution is -2.65. The van der Waals surface area contributed by atoms with Crippen molar-refractivity contribution in [1.29, 1.82) is 0 Å². The highest BCUT2D eigenvalue weighted by Gasteiger charge is 2.68. The fourth-order valence-electron chi connectivity index (χ4n) is 6.85. The Morgan fingerprint density at radius 3 is 2.58 bits per heavy atom. The van der Waals surface area contributed by atoms with Gasteiger partial charge >= 0.3 is 7.12 Å². The van der Waals surface area contributed by atoms with E-state index in [0.717, 1.165) is 44.4 Å². The molecule has 6 atom stereocenters. The lowest BCUT2D eigenvalue weighted by atomic mass is 9.43. The summed E-state index contributed by atoms with van der Waals surface area (Å²) in [5.74, 6) is 1.86. The predicted octanol–water partition coefficient (Wildman–Crippen LogP) is 5.26. The molecule has 3 N–H and O–H groups in total. The Labute approximate surface area is 201 Å². The zero-order valence-corrected chi connectivity index (χ0v) is 21.4. The van der Waals surface area contributed by atoms with Crippen LogP contribution in [0.4, 0.5) is 0 Å². The Hall–Kier alpha value is -1.17. The van der Waals surface area contributed by atoms with Gasteiger partial charge in [-0.2, -0.15) is 0 Å². The number of hydrogen-bond acceptors (Lipinski definition) is 3. The van der Waals surface area contributed by atoms with E-state index in [1.165, 1.54) is 24.8 Å². The molecule has 1 heterocycles. The van der Waals surface area contributed by atoms with Crippen molar-refractivity contribution < 1.29 is 19.8 Å².